The van der Waals surface area contributed by atoms with Gasteiger partial charge in [-0.3, -0.25) is 0 Å². The summed E-state index contributed by atoms with van der Waals surface area (Å²) in [5.41, 5.74) is 2.74. The zero-order valence-electron chi connectivity index (χ0n) is 9.49. The summed E-state index contributed by atoms with van der Waals surface area (Å²) in [6.07, 6.45) is 4.91. The number of rotatable bonds is 1. The first kappa shape index (κ1) is 9.91. The Kier molecular flexibility index (Phi) is 2.08. The first-order chi connectivity index (χ1) is 7.69. The summed E-state index contributed by atoms with van der Waals surface area (Å²) in [5.74, 6) is 0.915. The monoisotopic (exact) mass is 216 g/mol. The molecule has 0 bridgehead atoms. The van der Waals surface area contributed by atoms with Crippen molar-refractivity contribution in [2.75, 3.05) is 6.61 Å². The summed E-state index contributed by atoms with van der Waals surface area (Å²) in [7, 11) is 0. The smallest absolute Gasteiger partial charge is 0.127 e. The van der Waals surface area contributed by atoms with Crippen LogP contribution in [0.1, 0.15) is 30.4 Å². The molecular formula is C14H16O2. The van der Waals surface area contributed by atoms with Crippen LogP contribution in [0.3, 0.4) is 0 Å². The highest BCUT2D eigenvalue weighted by Gasteiger charge is 2.40. The van der Waals surface area contributed by atoms with Gasteiger partial charge in [-0.15, -0.1) is 0 Å². The maximum atomic E-state index is 10.4. The Morgan fingerprint density at radius 1 is 1.31 bits per heavy atom. The maximum Gasteiger partial charge on any atom is 0.127 e. The Labute approximate surface area is 95.6 Å². The third-order valence-corrected chi connectivity index (χ3v) is 3.64. The molecule has 0 spiro atoms. The van der Waals surface area contributed by atoms with Crippen molar-refractivity contribution < 1.29 is 9.84 Å². The second-order valence-corrected chi connectivity index (χ2v) is 4.81. The molecule has 84 valence electrons. The molecule has 3 rings (SSSR count). The first-order valence-corrected chi connectivity index (χ1v) is 5.86. The highest BCUT2D eigenvalue weighted by Crippen LogP contribution is 2.46. The van der Waals surface area contributed by atoms with Gasteiger partial charge < -0.3 is 9.84 Å². The highest BCUT2D eigenvalue weighted by molar-refractivity contribution is 5.78. The molecule has 1 aliphatic heterocycles. The zero-order valence-corrected chi connectivity index (χ0v) is 9.49. The molecule has 16 heavy (non-hydrogen) atoms. The van der Waals surface area contributed by atoms with Crippen molar-refractivity contribution >= 4 is 5.57 Å². The van der Waals surface area contributed by atoms with Crippen LogP contribution in [-0.2, 0) is 0 Å². The van der Waals surface area contributed by atoms with E-state index in [9.17, 15) is 5.11 Å². The van der Waals surface area contributed by atoms with Gasteiger partial charge in [0.1, 0.15) is 12.4 Å². The van der Waals surface area contributed by atoms with Crippen molar-refractivity contribution in [1.29, 1.82) is 0 Å². The molecule has 0 atom stereocenters. The van der Waals surface area contributed by atoms with Crippen LogP contribution in [0.15, 0.2) is 24.3 Å². The lowest BCUT2D eigenvalue weighted by Crippen LogP contribution is -2.39. The van der Waals surface area contributed by atoms with E-state index in [4.69, 9.17) is 4.74 Å². The third-order valence-electron chi connectivity index (χ3n) is 3.64. The van der Waals surface area contributed by atoms with Crippen LogP contribution >= 0.6 is 0 Å². The van der Waals surface area contributed by atoms with Gasteiger partial charge in [0.05, 0.1) is 5.60 Å². The SMILES string of the molecule is Cc1ccc2c(c1)OCC=C2C1(O)CCC1. The van der Waals surface area contributed by atoms with E-state index < -0.39 is 5.60 Å². The Morgan fingerprint density at radius 3 is 2.81 bits per heavy atom. The molecule has 0 saturated heterocycles. The van der Waals surface area contributed by atoms with Crippen LogP contribution in [0.2, 0.25) is 0 Å². The normalized spacial score (nSPS) is 21.5. The molecule has 0 aromatic heterocycles. The lowest BCUT2D eigenvalue weighted by atomic mass is 9.72. The third kappa shape index (κ3) is 1.37. The minimum atomic E-state index is -0.589. The van der Waals surface area contributed by atoms with E-state index in [1.165, 1.54) is 5.56 Å². The van der Waals surface area contributed by atoms with E-state index in [-0.39, 0.29) is 0 Å². The largest absolute Gasteiger partial charge is 0.489 e. The van der Waals surface area contributed by atoms with E-state index in [0.29, 0.717) is 6.61 Å². The quantitative estimate of drug-likeness (QED) is 0.782. The van der Waals surface area contributed by atoms with Crippen LogP contribution in [0.25, 0.3) is 5.57 Å². The van der Waals surface area contributed by atoms with Crippen molar-refractivity contribution in [1.82, 2.24) is 0 Å². The van der Waals surface area contributed by atoms with Gasteiger partial charge in [-0.1, -0.05) is 12.1 Å². The van der Waals surface area contributed by atoms with Crippen molar-refractivity contribution in [2.24, 2.45) is 0 Å². The molecule has 1 aromatic carbocycles. The Balaban J connectivity index is 2.06. The number of ether oxygens (including phenoxy) is 1. The molecule has 2 nitrogen and oxygen atoms in total. The molecule has 2 aliphatic rings. The van der Waals surface area contributed by atoms with Crippen LogP contribution in [-0.4, -0.2) is 17.3 Å². The van der Waals surface area contributed by atoms with Gasteiger partial charge >= 0.3 is 0 Å². The van der Waals surface area contributed by atoms with Crippen LogP contribution in [0.4, 0.5) is 0 Å². The van der Waals surface area contributed by atoms with E-state index >= 15 is 0 Å². The second-order valence-electron chi connectivity index (χ2n) is 4.81. The molecule has 2 heteroatoms. The predicted octanol–water partition coefficient (Wildman–Crippen LogP) is 2.69. The first-order valence-electron chi connectivity index (χ1n) is 5.86. The van der Waals surface area contributed by atoms with Gasteiger partial charge in [-0.2, -0.15) is 0 Å². The van der Waals surface area contributed by atoms with Crippen LogP contribution in [0, 0.1) is 6.92 Å². The fraction of sp³-hybridized carbons (Fsp3) is 0.429. The van der Waals surface area contributed by atoms with Crippen LogP contribution < -0.4 is 4.74 Å². The molecule has 1 N–H and O–H groups in total. The standard InChI is InChI=1S/C14H16O2/c1-10-3-4-11-12(14(15)6-2-7-14)5-8-16-13(11)9-10/h3-5,9,15H,2,6-8H2,1H3. The summed E-state index contributed by atoms with van der Waals surface area (Å²) in [4.78, 5) is 0. The van der Waals surface area contributed by atoms with Gasteiger partial charge in [0, 0.05) is 5.56 Å². The van der Waals surface area contributed by atoms with Crippen molar-refractivity contribution in [3.8, 4) is 5.75 Å². The van der Waals surface area contributed by atoms with Gasteiger partial charge in [0.15, 0.2) is 0 Å². The molecule has 1 saturated carbocycles. The molecule has 0 amide bonds. The molecular weight excluding hydrogens is 200 g/mol. The van der Waals surface area contributed by atoms with Crippen molar-refractivity contribution in [3.05, 3.63) is 35.4 Å². The fourth-order valence-corrected chi connectivity index (χ4v) is 2.52. The number of aliphatic hydroxyl groups is 1. The van der Waals surface area contributed by atoms with E-state index in [1.54, 1.807) is 0 Å². The average Bonchev–Trinajstić information content (AvgIpc) is 2.24. The predicted molar refractivity (Wildman–Crippen MR) is 63.5 cm³/mol. The number of fused-ring (bicyclic) bond motifs is 1. The van der Waals surface area contributed by atoms with Gasteiger partial charge in [-0.25, -0.2) is 0 Å². The molecule has 1 fully saturated rings. The molecule has 1 heterocycles. The lowest BCUT2D eigenvalue weighted by Gasteiger charge is -2.40. The van der Waals surface area contributed by atoms with Crippen molar-refractivity contribution in [2.45, 2.75) is 31.8 Å². The van der Waals surface area contributed by atoms with E-state index in [2.05, 4.69) is 19.1 Å². The number of hydrogen-bond donors (Lipinski definition) is 1. The summed E-state index contributed by atoms with van der Waals surface area (Å²) in [6.45, 7) is 2.63. The van der Waals surface area contributed by atoms with Crippen LogP contribution in [0.5, 0.6) is 5.75 Å². The maximum absolute atomic E-state index is 10.4. The summed E-state index contributed by atoms with van der Waals surface area (Å²) in [6, 6.07) is 6.18. The lowest BCUT2D eigenvalue weighted by molar-refractivity contribution is 0.0234. The number of benzene rings is 1. The Hall–Kier alpha value is -1.28. The van der Waals surface area contributed by atoms with E-state index in [1.807, 2.05) is 12.1 Å². The van der Waals surface area contributed by atoms with Crippen molar-refractivity contribution in [3.63, 3.8) is 0 Å². The summed E-state index contributed by atoms with van der Waals surface area (Å²) in [5, 5.41) is 10.4. The number of aryl methyl sites for hydroxylation is 1. The minimum absolute atomic E-state index is 0.577. The van der Waals surface area contributed by atoms with Gasteiger partial charge in [0.25, 0.3) is 0 Å². The van der Waals surface area contributed by atoms with Gasteiger partial charge in [0.2, 0.25) is 0 Å². The molecule has 1 aromatic rings. The molecule has 1 aliphatic carbocycles. The topological polar surface area (TPSA) is 29.5 Å². The molecule has 0 radical (unpaired) electrons. The zero-order chi connectivity index (χ0) is 11.2. The molecule has 0 unspecified atom stereocenters. The fourth-order valence-electron chi connectivity index (χ4n) is 2.52. The minimum Gasteiger partial charge on any atom is -0.489 e. The number of hydrogen-bond acceptors (Lipinski definition) is 2. The average molecular weight is 216 g/mol. The second kappa shape index (κ2) is 3.36. The summed E-state index contributed by atoms with van der Waals surface area (Å²) < 4.78 is 5.61. The Bertz CT molecular complexity index is 456. The summed E-state index contributed by atoms with van der Waals surface area (Å²) >= 11 is 0. The van der Waals surface area contributed by atoms with E-state index in [0.717, 1.165) is 36.1 Å². The highest BCUT2D eigenvalue weighted by atomic mass is 16.5. The van der Waals surface area contributed by atoms with Gasteiger partial charge in [-0.05, 0) is 49.5 Å². The Morgan fingerprint density at radius 2 is 2.12 bits per heavy atom.